The Balaban J connectivity index is 2.16. The van der Waals surface area contributed by atoms with Crippen LogP contribution in [0, 0.1) is 13.8 Å². The zero-order valence-electron chi connectivity index (χ0n) is 11.7. The topological polar surface area (TPSA) is 66.4 Å². The molecule has 2 N–H and O–H groups in total. The van der Waals surface area contributed by atoms with E-state index in [1.54, 1.807) is 12.1 Å². The van der Waals surface area contributed by atoms with Gasteiger partial charge >= 0.3 is 5.97 Å². The average Bonchev–Trinajstić information content (AvgIpc) is 2.89. The summed E-state index contributed by atoms with van der Waals surface area (Å²) in [6, 6.07) is 9.25. The highest BCUT2D eigenvalue weighted by molar-refractivity contribution is 7.15. The molecule has 0 atom stereocenters. The van der Waals surface area contributed by atoms with Gasteiger partial charge in [-0.05, 0) is 43.2 Å². The zero-order chi connectivity index (χ0) is 15.4. The summed E-state index contributed by atoms with van der Waals surface area (Å²) in [6.07, 6.45) is 2.53. The summed E-state index contributed by atoms with van der Waals surface area (Å²) in [5.41, 5.74) is 2.83. The third-order valence-electron chi connectivity index (χ3n) is 2.96. The molecule has 1 amide bonds. The van der Waals surface area contributed by atoms with E-state index in [1.807, 2.05) is 32.0 Å². The number of para-hydroxylation sites is 1. The minimum absolute atomic E-state index is 0.188. The van der Waals surface area contributed by atoms with Crippen molar-refractivity contribution in [1.29, 1.82) is 0 Å². The number of rotatable bonds is 4. The monoisotopic (exact) mass is 301 g/mol. The van der Waals surface area contributed by atoms with E-state index >= 15 is 0 Å². The van der Waals surface area contributed by atoms with Crippen LogP contribution in [-0.2, 0) is 4.79 Å². The first-order valence-corrected chi connectivity index (χ1v) is 7.17. The molecule has 0 radical (unpaired) electrons. The van der Waals surface area contributed by atoms with Crippen LogP contribution in [-0.4, -0.2) is 17.0 Å². The smallest absolute Gasteiger partial charge is 0.328 e. The molecule has 5 heteroatoms. The Bertz CT molecular complexity index is 696. The van der Waals surface area contributed by atoms with Gasteiger partial charge in [0.2, 0.25) is 0 Å². The van der Waals surface area contributed by atoms with E-state index in [9.17, 15) is 9.59 Å². The number of carboxylic acid groups (broad SMARTS) is 1. The fraction of sp³-hybridized carbons (Fsp3) is 0.125. The lowest BCUT2D eigenvalue weighted by atomic mass is 10.1. The van der Waals surface area contributed by atoms with Crippen molar-refractivity contribution in [3.8, 4) is 0 Å². The largest absolute Gasteiger partial charge is 0.478 e. The third-order valence-corrected chi connectivity index (χ3v) is 4.01. The second-order valence-electron chi connectivity index (χ2n) is 4.59. The van der Waals surface area contributed by atoms with Gasteiger partial charge in [-0.2, -0.15) is 0 Å². The predicted molar refractivity (Wildman–Crippen MR) is 84.9 cm³/mol. The van der Waals surface area contributed by atoms with Crippen LogP contribution in [0.1, 0.15) is 25.7 Å². The second kappa shape index (κ2) is 6.37. The predicted octanol–water partition coefficient (Wildman–Crippen LogP) is 3.72. The van der Waals surface area contributed by atoms with Gasteiger partial charge in [0, 0.05) is 16.6 Å². The fourth-order valence-electron chi connectivity index (χ4n) is 1.90. The number of nitrogens with one attached hydrogen (secondary N) is 1. The van der Waals surface area contributed by atoms with Gasteiger partial charge in [0.05, 0.1) is 4.88 Å². The van der Waals surface area contributed by atoms with Gasteiger partial charge < -0.3 is 10.4 Å². The Hall–Kier alpha value is -2.40. The molecule has 4 nitrogen and oxygen atoms in total. The van der Waals surface area contributed by atoms with Crippen molar-refractivity contribution in [2.24, 2.45) is 0 Å². The van der Waals surface area contributed by atoms with Crippen molar-refractivity contribution >= 4 is 35.0 Å². The van der Waals surface area contributed by atoms with Crippen LogP contribution in [0.3, 0.4) is 0 Å². The van der Waals surface area contributed by atoms with Crippen LogP contribution >= 0.6 is 11.3 Å². The fourth-order valence-corrected chi connectivity index (χ4v) is 2.71. The van der Waals surface area contributed by atoms with Crippen molar-refractivity contribution in [1.82, 2.24) is 0 Å². The summed E-state index contributed by atoms with van der Waals surface area (Å²) in [4.78, 5) is 24.0. The lowest BCUT2D eigenvalue weighted by molar-refractivity contribution is -0.131. The van der Waals surface area contributed by atoms with Crippen LogP contribution in [0.5, 0.6) is 0 Å². The van der Waals surface area contributed by atoms with E-state index in [1.165, 1.54) is 17.4 Å². The van der Waals surface area contributed by atoms with Gasteiger partial charge in [-0.25, -0.2) is 4.79 Å². The number of anilines is 1. The van der Waals surface area contributed by atoms with E-state index in [0.717, 1.165) is 27.8 Å². The summed E-state index contributed by atoms with van der Waals surface area (Å²) in [5, 5.41) is 11.5. The number of aryl methyl sites for hydroxylation is 2. The quantitative estimate of drug-likeness (QED) is 0.846. The molecule has 0 saturated heterocycles. The van der Waals surface area contributed by atoms with Gasteiger partial charge in [-0.15, -0.1) is 11.3 Å². The van der Waals surface area contributed by atoms with Gasteiger partial charge in [0.25, 0.3) is 5.91 Å². The molecule has 0 aliphatic rings. The number of carbonyl (C=O) groups is 2. The van der Waals surface area contributed by atoms with Crippen molar-refractivity contribution in [2.75, 3.05) is 5.32 Å². The number of carbonyl (C=O) groups excluding carboxylic acids is 1. The standard InChI is InChI=1S/C16H15NO3S/c1-10-4-3-5-11(2)15(10)17-16(20)13-8-6-12(21-13)7-9-14(18)19/h3-9H,1-2H3,(H,17,20)(H,18,19). The van der Waals surface area contributed by atoms with Crippen molar-refractivity contribution in [3.63, 3.8) is 0 Å². The molecule has 1 heterocycles. The molecule has 2 rings (SSSR count). The number of thiophene rings is 1. The molecule has 2 aromatic rings. The first-order valence-electron chi connectivity index (χ1n) is 6.36. The zero-order valence-corrected chi connectivity index (χ0v) is 12.5. The lowest BCUT2D eigenvalue weighted by Crippen LogP contribution is -2.12. The number of hydrogen-bond acceptors (Lipinski definition) is 3. The molecule has 0 spiro atoms. The highest BCUT2D eigenvalue weighted by Gasteiger charge is 2.11. The Labute approximate surface area is 126 Å². The molecule has 0 aliphatic carbocycles. The van der Waals surface area contributed by atoms with E-state index in [2.05, 4.69) is 5.32 Å². The van der Waals surface area contributed by atoms with Crippen LogP contribution < -0.4 is 5.32 Å². The molecule has 0 bridgehead atoms. The van der Waals surface area contributed by atoms with Gasteiger partial charge in [0.15, 0.2) is 0 Å². The maximum Gasteiger partial charge on any atom is 0.328 e. The molecule has 1 aromatic carbocycles. The minimum Gasteiger partial charge on any atom is -0.478 e. The number of amides is 1. The van der Waals surface area contributed by atoms with Crippen molar-refractivity contribution in [3.05, 3.63) is 57.3 Å². The lowest BCUT2D eigenvalue weighted by Gasteiger charge is -2.10. The summed E-state index contributed by atoms with van der Waals surface area (Å²) in [7, 11) is 0. The van der Waals surface area contributed by atoms with E-state index < -0.39 is 5.97 Å². The normalized spacial score (nSPS) is 10.8. The number of benzene rings is 1. The summed E-state index contributed by atoms with van der Waals surface area (Å²) in [6.45, 7) is 3.89. The molecule has 108 valence electrons. The van der Waals surface area contributed by atoms with Crippen molar-refractivity contribution in [2.45, 2.75) is 13.8 Å². The molecule has 1 aromatic heterocycles. The minimum atomic E-state index is -1.01. The van der Waals surface area contributed by atoms with Crippen LogP contribution in [0.15, 0.2) is 36.4 Å². The Morgan fingerprint density at radius 3 is 2.43 bits per heavy atom. The highest BCUT2D eigenvalue weighted by Crippen LogP contribution is 2.23. The summed E-state index contributed by atoms with van der Waals surface area (Å²) < 4.78 is 0. The van der Waals surface area contributed by atoms with Crippen LogP contribution in [0.2, 0.25) is 0 Å². The second-order valence-corrected chi connectivity index (χ2v) is 5.71. The van der Waals surface area contributed by atoms with Crippen molar-refractivity contribution < 1.29 is 14.7 Å². The number of carboxylic acids is 1. The maximum absolute atomic E-state index is 12.2. The molecular formula is C16H15NO3S. The molecule has 0 fully saturated rings. The molecule has 0 saturated carbocycles. The molecule has 0 unspecified atom stereocenters. The first-order chi connectivity index (χ1) is 9.97. The Morgan fingerprint density at radius 1 is 1.14 bits per heavy atom. The van der Waals surface area contributed by atoms with E-state index in [4.69, 9.17) is 5.11 Å². The van der Waals surface area contributed by atoms with Gasteiger partial charge in [-0.3, -0.25) is 4.79 Å². The molecule has 21 heavy (non-hydrogen) atoms. The van der Waals surface area contributed by atoms with E-state index in [0.29, 0.717) is 4.88 Å². The number of hydrogen-bond donors (Lipinski definition) is 2. The van der Waals surface area contributed by atoms with Crippen LogP contribution in [0.25, 0.3) is 6.08 Å². The van der Waals surface area contributed by atoms with Gasteiger partial charge in [0.1, 0.15) is 0 Å². The molecular weight excluding hydrogens is 286 g/mol. The maximum atomic E-state index is 12.2. The number of aliphatic carboxylic acids is 1. The third kappa shape index (κ3) is 3.79. The first kappa shape index (κ1) is 15.0. The summed E-state index contributed by atoms with van der Waals surface area (Å²) >= 11 is 1.25. The van der Waals surface area contributed by atoms with E-state index in [-0.39, 0.29) is 5.91 Å². The SMILES string of the molecule is Cc1cccc(C)c1NC(=O)c1ccc(C=CC(=O)O)s1. The van der Waals surface area contributed by atoms with Gasteiger partial charge in [-0.1, -0.05) is 18.2 Å². The highest BCUT2D eigenvalue weighted by atomic mass is 32.1. The summed E-state index contributed by atoms with van der Waals surface area (Å²) in [5.74, 6) is -1.20. The molecule has 0 aliphatic heterocycles. The Kier molecular flexibility index (Phi) is 4.55. The average molecular weight is 301 g/mol. The van der Waals surface area contributed by atoms with Crippen LogP contribution in [0.4, 0.5) is 5.69 Å². The Morgan fingerprint density at radius 2 is 1.81 bits per heavy atom.